The molecule has 138 valence electrons. The molecule has 3 aromatic rings. The third-order valence-electron chi connectivity index (χ3n) is 5.06. The van der Waals surface area contributed by atoms with Crippen LogP contribution in [0.5, 0.6) is 0 Å². The van der Waals surface area contributed by atoms with Crippen LogP contribution in [-0.2, 0) is 6.54 Å². The highest BCUT2D eigenvalue weighted by atomic mass is 19.1. The fourth-order valence-electron chi connectivity index (χ4n) is 3.51. The topological polar surface area (TPSA) is 46.3 Å². The summed E-state index contributed by atoms with van der Waals surface area (Å²) in [6, 6.07) is 15.7. The fraction of sp³-hybridized carbons (Fsp3) is 0.273. The SMILES string of the molecule is O=C(c1ccccc1)C1CCN(Cc2ncc(-c3ccc(F)cc3)o2)CC1. The van der Waals surface area contributed by atoms with Crippen LogP contribution in [0.15, 0.2) is 65.2 Å². The molecule has 4 rings (SSSR count). The summed E-state index contributed by atoms with van der Waals surface area (Å²) in [6.45, 7) is 2.31. The van der Waals surface area contributed by atoms with Gasteiger partial charge in [-0.25, -0.2) is 9.37 Å². The van der Waals surface area contributed by atoms with Crippen LogP contribution in [0.1, 0.15) is 29.1 Å². The molecule has 0 saturated carbocycles. The summed E-state index contributed by atoms with van der Waals surface area (Å²) in [7, 11) is 0. The first-order valence-corrected chi connectivity index (χ1v) is 9.21. The highest BCUT2D eigenvalue weighted by Crippen LogP contribution is 2.25. The lowest BCUT2D eigenvalue weighted by Crippen LogP contribution is -2.36. The number of carbonyl (C=O) groups excluding carboxylic acids is 1. The van der Waals surface area contributed by atoms with Crippen molar-refractivity contribution in [1.82, 2.24) is 9.88 Å². The third-order valence-corrected chi connectivity index (χ3v) is 5.06. The zero-order chi connectivity index (χ0) is 18.6. The van der Waals surface area contributed by atoms with E-state index >= 15 is 0 Å². The molecule has 0 N–H and O–H groups in total. The Morgan fingerprint density at radius 2 is 1.78 bits per heavy atom. The minimum absolute atomic E-state index is 0.0861. The third kappa shape index (κ3) is 4.14. The monoisotopic (exact) mass is 364 g/mol. The van der Waals surface area contributed by atoms with Crippen molar-refractivity contribution in [3.8, 4) is 11.3 Å². The van der Waals surface area contributed by atoms with Gasteiger partial charge in [-0.05, 0) is 50.2 Å². The quantitative estimate of drug-likeness (QED) is 0.622. The number of hydrogen-bond acceptors (Lipinski definition) is 4. The molecule has 1 fully saturated rings. The van der Waals surface area contributed by atoms with E-state index in [1.54, 1.807) is 18.3 Å². The highest BCUT2D eigenvalue weighted by Gasteiger charge is 2.26. The van der Waals surface area contributed by atoms with E-state index in [-0.39, 0.29) is 17.5 Å². The second kappa shape index (κ2) is 7.84. The molecular formula is C22H21FN2O2. The number of rotatable bonds is 5. The Hall–Kier alpha value is -2.79. The zero-order valence-electron chi connectivity index (χ0n) is 15.0. The van der Waals surface area contributed by atoms with Gasteiger partial charge in [-0.15, -0.1) is 0 Å². The first-order valence-electron chi connectivity index (χ1n) is 9.21. The molecule has 1 aromatic heterocycles. The number of ketones is 1. The summed E-state index contributed by atoms with van der Waals surface area (Å²) in [5.74, 6) is 1.33. The number of nitrogens with zero attached hydrogens (tertiary/aromatic N) is 2. The molecule has 0 bridgehead atoms. The van der Waals surface area contributed by atoms with Gasteiger partial charge in [-0.2, -0.15) is 0 Å². The van der Waals surface area contributed by atoms with E-state index in [0.717, 1.165) is 37.1 Å². The number of piperidine rings is 1. The van der Waals surface area contributed by atoms with Gasteiger partial charge < -0.3 is 4.42 Å². The summed E-state index contributed by atoms with van der Waals surface area (Å²) in [4.78, 5) is 19.2. The second-order valence-electron chi connectivity index (χ2n) is 6.91. The Morgan fingerprint density at radius 1 is 1.07 bits per heavy atom. The van der Waals surface area contributed by atoms with Crippen LogP contribution in [0.4, 0.5) is 4.39 Å². The molecule has 0 spiro atoms. The van der Waals surface area contributed by atoms with E-state index in [9.17, 15) is 9.18 Å². The summed E-state index contributed by atoms with van der Waals surface area (Å²) >= 11 is 0. The van der Waals surface area contributed by atoms with Crippen LogP contribution >= 0.6 is 0 Å². The summed E-state index contributed by atoms with van der Waals surface area (Å²) in [5.41, 5.74) is 1.61. The van der Waals surface area contributed by atoms with Gasteiger partial charge in [0, 0.05) is 17.0 Å². The number of likely N-dealkylation sites (tertiary alicyclic amines) is 1. The molecule has 27 heavy (non-hydrogen) atoms. The van der Waals surface area contributed by atoms with Crippen molar-refractivity contribution in [3.63, 3.8) is 0 Å². The molecule has 0 atom stereocenters. The molecule has 1 aliphatic heterocycles. The first-order chi connectivity index (χ1) is 13.2. The molecule has 1 aliphatic rings. The lowest BCUT2D eigenvalue weighted by molar-refractivity contribution is 0.0828. The van der Waals surface area contributed by atoms with Gasteiger partial charge in [0.1, 0.15) is 5.82 Å². The van der Waals surface area contributed by atoms with Crippen LogP contribution in [0.25, 0.3) is 11.3 Å². The van der Waals surface area contributed by atoms with Crippen molar-refractivity contribution in [1.29, 1.82) is 0 Å². The Kier molecular flexibility index (Phi) is 5.12. The molecule has 2 heterocycles. The summed E-state index contributed by atoms with van der Waals surface area (Å²) in [5, 5.41) is 0. The number of oxazole rings is 1. The Morgan fingerprint density at radius 3 is 2.48 bits per heavy atom. The Balaban J connectivity index is 1.33. The minimum Gasteiger partial charge on any atom is -0.439 e. The normalized spacial score (nSPS) is 15.7. The number of halogens is 1. The number of carbonyl (C=O) groups is 1. The standard InChI is InChI=1S/C22H21FN2O2/c23-19-8-6-16(7-9-19)20-14-24-21(27-20)15-25-12-10-18(11-13-25)22(26)17-4-2-1-3-5-17/h1-9,14,18H,10-13,15H2. The maximum Gasteiger partial charge on any atom is 0.209 e. The van der Waals surface area contributed by atoms with Crippen molar-refractivity contribution in [2.24, 2.45) is 5.92 Å². The van der Waals surface area contributed by atoms with E-state index in [1.807, 2.05) is 30.3 Å². The van der Waals surface area contributed by atoms with Crippen molar-refractivity contribution in [2.45, 2.75) is 19.4 Å². The molecule has 0 radical (unpaired) electrons. The number of Topliss-reactive ketones (excluding diaryl/α,β-unsaturated/α-hetero) is 1. The van der Waals surface area contributed by atoms with Gasteiger partial charge in [0.15, 0.2) is 11.5 Å². The summed E-state index contributed by atoms with van der Waals surface area (Å²) < 4.78 is 18.9. The predicted octanol–water partition coefficient (Wildman–Crippen LogP) is 4.58. The molecule has 0 amide bonds. The highest BCUT2D eigenvalue weighted by molar-refractivity contribution is 5.97. The van der Waals surface area contributed by atoms with Gasteiger partial charge >= 0.3 is 0 Å². The predicted molar refractivity (Wildman–Crippen MR) is 101 cm³/mol. The molecule has 0 aliphatic carbocycles. The maximum atomic E-state index is 13.0. The van der Waals surface area contributed by atoms with Crippen LogP contribution in [0, 0.1) is 11.7 Å². The largest absolute Gasteiger partial charge is 0.439 e. The zero-order valence-corrected chi connectivity index (χ0v) is 15.0. The first kappa shape index (κ1) is 17.6. The average Bonchev–Trinajstić information content (AvgIpc) is 3.18. The van der Waals surface area contributed by atoms with Crippen LogP contribution in [0.3, 0.4) is 0 Å². The number of benzene rings is 2. The fourth-order valence-corrected chi connectivity index (χ4v) is 3.51. The average molecular weight is 364 g/mol. The summed E-state index contributed by atoms with van der Waals surface area (Å²) in [6.07, 6.45) is 3.37. The smallest absolute Gasteiger partial charge is 0.209 e. The lowest BCUT2D eigenvalue weighted by Gasteiger charge is -2.30. The van der Waals surface area contributed by atoms with Gasteiger partial charge in [-0.1, -0.05) is 30.3 Å². The van der Waals surface area contributed by atoms with E-state index in [0.29, 0.717) is 18.2 Å². The number of aromatic nitrogens is 1. The van der Waals surface area contributed by atoms with Crippen LogP contribution < -0.4 is 0 Å². The molecule has 2 aromatic carbocycles. The molecule has 5 heteroatoms. The van der Waals surface area contributed by atoms with Crippen molar-refractivity contribution >= 4 is 5.78 Å². The van der Waals surface area contributed by atoms with Gasteiger partial charge in [-0.3, -0.25) is 9.69 Å². The van der Waals surface area contributed by atoms with E-state index in [4.69, 9.17) is 4.42 Å². The van der Waals surface area contributed by atoms with E-state index < -0.39 is 0 Å². The van der Waals surface area contributed by atoms with Crippen molar-refractivity contribution in [2.75, 3.05) is 13.1 Å². The second-order valence-corrected chi connectivity index (χ2v) is 6.91. The van der Waals surface area contributed by atoms with Crippen LogP contribution in [0.2, 0.25) is 0 Å². The minimum atomic E-state index is -0.272. The van der Waals surface area contributed by atoms with Gasteiger partial charge in [0.2, 0.25) is 5.89 Å². The van der Waals surface area contributed by atoms with Crippen LogP contribution in [-0.4, -0.2) is 28.8 Å². The van der Waals surface area contributed by atoms with Gasteiger partial charge in [0.05, 0.1) is 12.7 Å². The molecule has 1 saturated heterocycles. The van der Waals surface area contributed by atoms with E-state index in [1.165, 1.54) is 12.1 Å². The number of hydrogen-bond donors (Lipinski definition) is 0. The Bertz CT molecular complexity index is 898. The van der Waals surface area contributed by atoms with Crippen molar-refractivity contribution < 1.29 is 13.6 Å². The molecule has 0 unspecified atom stereocenters. The van der Waals surface area contributed by atoms with Crippen molar-refractivity contribution in [3.05, 3.63) is 78.1 Å². The molecular weight excluding hydrogens is 343 g/mol. The lowest BCUT2D eigenvalue weighted by atomic mass is 9.89. The Labute approximate surface area is 157 Å². The van der Waals surface area contributed by atoms with E-state index in [2.05, 4.69) is 9.88 Å². The van der Waals surface area contributed by atoms with Gasteiger partial charge in [0.25, 0.3) is 0 Å². The maximum absolute atomic E-state index is 13.0. The molecule has 4 nitrogen and oxygen atoms in total.